The second kappa shape index (κ2) is 10.1. The number of pyridine rings is 1. The van der Waals surface area contributed by atoms with Crippen molar-refractivity contribution in [3.8, 4) is 23.0 Å². The van der Waals surface area contributed by atoms with Crippen molar-refractivity contribution in [1.82, 2.24) is 25.2 Å². The van der Waals surface area contributed by atoms with E-state index in [0.29, 0.717) is 41.8 Å². The van der Waals surface area contributed by atoms with Crippen molar-refractivity contribution in [2.45, 2.75) is 75.7 Å². The van der Waals surface area contributed by atoms with Gasteiger partial charge >= 0.3 is 6.01 Å². The molecule has 0 saturated carbocycles. The topological polar surface area (TPSA) is 86.6 Å². The predicted molar refractivity (Wildman–Crippen MR) is 149 cm³/mol. The first-order valence-electron chi connectivity index (χ1n) is 14.6. The van der Waals surface area contributed by atoms with Gasteiger partial charge in [-0.25, -0.2) is 8.78 Å². The Morgan fingerprint density at radius 1 is 1.18 bits per heavy atom. The molecule has 10 heteroatoms. The molecule has 2 unspecified atom stereocenters. The van der Waals surface area contributed by atoms with Crippen LogP contribution in [0, 0.1) is 5.82 Å². The SMILES string of the molecule is CCCc1ccc(O)cc1-c1ncc2c(N3CC4CCC(C3)N4)nc(OC[C@@]34CCCN3C[C@H](F)C4)nc2c1F. The molecule has 0 radical (unpaired) electrons. The molecule has 40 heavy (non-hydrogen) atoms. The number of anilines is 1. The minimum absolute atomic E-state index is 0.0583. The molecule has 1 aromatic carbocycles. The third-order valence-corrected chi connectivity index (χ3v) is 9.26. The number of nitrogens with one attached hydrogen (secondary N) is 1. The number of phenols is 1. The van der Waals surface area contributed by atoms with E-state index in [1.165, 1.54) is 0 Å². The third kappa shape index (κ3) is 4.45. The Bertz CT molecular complexity index is 1430. The molecule has 4 aliphatic heterocycles. The number of benzene rings is 1. The minimum atomic E-state index is -0.862. The lowest BCUT2D eigenvalue weighted by atomic mass is 9.95. The zero-order valence-electron chi connectivity index (χ0n) is 22.9. The monoisotopic (exact) mass is 550 g/mol. The molecule has 4 saturated heterocycles. The molecule has 4 atom stereocenters. The zero-order chi connectivity index (χ0) is 27.4. The predicted octanol–water partition coefficient (Wildman–Crippen LogP) is 4.38. The molecule has 212 valence electrons. The summed E-state index contributed by atoms with van der Waals surface area (Å²) in [4.78, 5) is 18.4. The summed E-state index contributed by atoms with van der Waals surface area (Å²) in [7, 11) is 0. The molecule has 2 aromatic heterocycles. The Kier molecular flexibility index (Phi) is 6.50. The highest BCUT2D eigenvalue weighted by atomic mass is 19.1. The summed E-state index contributed by atoms with van der Waals surface area (Å²) >= 11 is 0. The van der Waals surface area contributed by atoms with E-state index in [4.69, 9.17) is 9.72 Å². The van der Waals surface area contributed by atoms with Gasteiger partial charge in [-0.2, -0.15) is 9.97 Å². The number of halogens is 2. The first-order valence-corrected chi connectivity index (χ1v) is 14.6. The lowest BCUT2D eigenvalue weighted by molar-refractivity contribution is 0.107. The molecule has 3 aromatic rings. The Morgan fingerprint density at radius 2 is 2.00 bits per heavy atom. The van der Waals surface area contributed by atoms with Crippen LogP contribution in [0.3, 0.4) is 0 Å². The summed E-state index contributed by atoms with van der Waals surface area (Å²) < 4.78 is 37.0. The molecule has 8 nitrogen and oxygen atoms in total. The fourth-order valence-corrected chi connectivity index (χ4v) is 7.40. The summed E-state index contributed by atoms with van der Waals surface area (Å²) in [5.74, 6) is 0.122. The van der Waals surface area contributed by atoms with Gasteiger partial charge in [-0.15, -0.1) is 0 Å². The molecule has 0 aliphatic carbocycles. The van der Waals surface area contributed by atoms with Crippen LogP contribution in [0.2, 0.25) is 0 Å². The van der Waals surface area contributed by atoms with Gasteiger partial charge in [-0.1, -0.05) is 19.4 Å². The summed E-state index contributed by atoms with van der Waals surface area (Å²) in [6, 6.07) is 5.84. The number of piperazine rings is 1. The first kappa shape index (κ1) is 25.8. The molecule has 4 fully saturated rings. The van der Waals surface area contributed by atoms with Crippen LogP contribution in [0.4, 0.5) is 14.6 Å². The van der Waals surface area contributed by atoms with Crippen LogP contribution in [-0.4, -0.2) is 81.5 Å². The van der Waals surface area contributed by atoms with E-state index in [-0.39, 0.29) is 35.1 Å². The lowest BCUT2D eigenvalue weighted by Gasteiger charge is -2.34. The number of fused-ring (bicyclic) bond motifs is 4. The van der Waals surface area contributed by atoms with E-state index >= 15 is 4.39 Å². The van der Waals surface area contributed by atoms with Crippen LogP contribution < -0.4 is 15.0 Å². The average Bonchev–Trinajstić information content (AvgIpc) is 3.59. The van der Waals surface area contributed by atoms with Crippen molar-refractivity contribution < 1.29 is 18.6 Å². The van der Waals surface area contributed by atoms with Crippen molar-refractivity contribution in [3.63, 3.8) is 0 Å². The van der Waals surface area contributed by atoms with Crippen LogP contribution in [0.1, 0.15) is 51.0 Å². The third-order valence-electron chi connectivity index (χ3n) is 9.26. The van der Waals surface area contributed by atoms with Gasteiger partial charge in [0, 0.05) is 49.9 Å². The molecule has 6 heterocycles. The van der Waals surface area contributed by atoms with E-state index in [0.717, 1.165) is 63.7 Å². The summed E-state index contributed by atoms with van der Waals surface area (Å²) in [6.45, 7) is 5.16. The Morgan fingerprint density at radius 3 is 2.80 bits per heavy atom. The van der Waals surface area contributed by atoms with Crippen LogP contribution in [0.25, 0.3) is 22.2 Å². The van der Waals surface area contributed by atoms with Crippen LogP contribution >= 0.6 is 0 Å². The summed E-state index contributed by atoms with van der Waals surface area (Å²) in [6.07, 6.45) is 6.92. The highest BCUT2D eigenvalue weighted by molar-refractivity contribution is 5.92. The standard InChI is InChI=1S/C30H36F2N6O2/c1-2-4-18-5-8-22(39)11-23(18)26-25(32)27-24(13-33-26)28(37-15-20-6-7-21(16-37)34-20)36-29(35-27)40-17-30-9-3-10-38(30)14-19(31)12-30/h5,8,11,13,19-21,34,39H,2-4,6-7,9-10,12,14-17H2,1H3/t19-,20?,21?,30+/m1/s1. The number of ether oxygens (including phenoxy) is 1. The van der Waals surface area contributed by atoms with Gasteiger partial charge in [0.2, 0.25) is 0 Å². The van der Waals surface area contributed by atoms with Crippen molar-refractivity contribution in [2.24, 2.45) is 0 Å². The van der Waals surface area contributed by atoms with E-state index in [1.54, 1.807) is 18.3 Å². The number of hydrogen-bond donors (Lipinski definition) is 2. The lowest BCUT2D eigenvalue weighted by Crippen LogP contribution is -2.51. The van der Waals surface area contributed by atoms with Crippen LogP contribution in [0.15, 0.2) is 24.4 Å². The number of nitrogens with zero attached hydrogens (tertiary/aromatic N) is 5. The number of aromatic nitrogens is 3. The van der Waals surface area contributed by atoms with Crippen molar-refractivity contribution in [2.75, 3.05) is 37.7 Å². The average molecular weight is 551 g/mol. The number of hydrogen-bond acceptors (Lipinski definition) is 8. The first-order chi connectivity index (χ1) is 19.4. The van der Waals surface area contributed by atoms with Gasteiger partial charge in [0.05, 0.1) is 10.9 Å². The zero-order valence-corrected chi connectivity index (χ0v) is 22.9. The maximum atomic E-state index is 16.4. The fraction of sp³-hybridized carbons (Fsp3) is 0.567. The molecule has 0 amide bonds. The molecule has 2 N–H and O–H groups in total. The summed E-state index contributed by atoms with van der Waals surface area (Å²) in [5, 5.41) is 14.4. The Hall–Kier alpha value is -3.11. The largest absolute Gasteiger partial charge is 0.508 e. The number of rotatable bonds is 7. The fourth-order valence-electron chi connectivity index (χ4n) is 7.40. The van der Waals surface area contributed by atoms with Gasteiger partial charge in [0.1, 0.15) is 35.6 Å². The van der Waals surface area contributed by atoms with Crippen LogP contribution in [0.5, 0.6) is 11.8 Å². The molecular weight excluding hydrogens is 514 g/mol. The number of alkyl halides is 1. The van der Waals surface area contributed by atoms with Crippen molar-refractivity contribution in [1.29, 1.82) is 0 Å². The number of phenolic OH excluding ortho intramolecular Hbond substituents is 1. The smallest absolute Gasteiger partial charge is 0.319 e. The number of aromatic hydroxyl groups is 1. The molecule has 7 rings (SSSR count). The molecule has 4 aliphatic rings. The molecular formula is C30H36F2N6O2. The maximum absolute atomic E-state index is 16.4. The number of aryl methyl sites for hydroxylation is 1. The molecule has 2 bridgehead atoms. The Balaban J connectivity index is 1.31. The highest BCUT2D eigenvalue weighted by Crippen LogP contribution is 2.41. The highest BCUT2D eigenvalue weighted by Gasteiger charge is 2.49. The van der Waals surface area contributed by atoms with Crippen molar-refractivity contribution in [3.05, 3.63) is 35.8 Å². The normalized spacial score (nSPS) is 28.0. The maximum Gasteiger partial charge on any atom is 0.319 e. The van der Waals surface area contributed by atoms with E-state index in [9.17, 15) is 9.50 Å². The Labute approximate surface area is 232 Å². The second-order valence-electron chi connectivity index (χ2n) is 12.0. The van der Waals surface area contributed by atoms with E-state index in [2.05, 4.69) is 32.0 Å². The van der Waals surface area contributed by atoms with E-state index < -0.39 is 12.0 Å². The van der Waals surface area contributed by atoms with Gasteiger partial charge < -0.3 is 20.1 Å². The molecule has 0 spiro atoms. The van der Waals surface area contributed by atoms with Crippen molar-refractivity contribution >= 4 is 16.7 Å². The van der Waals surface area contributed by atoms with Gasteiger partial charge in [0.25, 0.3) is 0 Å². The van der Waals surface area contributed by atoms with E-state index in [1.807, 2.05) is 6.07 Å². The van der Waals surface area contributed by atoms with Gasteiger partial charge in [-0.05, 0) is 56.3 Å². The van der Waals surface area contributed by atoms with Gasteiger partial charge in [-0.3, -0.25) is 9.88 Å². The summed E-state index contributed by atoms with van der Waals surface area (Å²) in [5.41, 5.74) is 1.42. The second-order valence-corrected chi connectivity index (χ2v) is 12.0. The quantitative estimate of drug-likeness (QED) is 0.448. The van der Waals surface area contributed by atoms with Gasteiger partial charge in [0.15, 0.2) is 5.82 Å². The minimum Gasteiger partial charge on any atom is -0.508 e. The van der Waals surface area contributed by atoms with Crippen LogP contribution in [-0.2, 0) is 6.42 Å².